The van der Waals surface area contributed by atoms with E-state index in [1.54, 1.807) is 20.4 Å². The van der Waals surface area contributed by atoms with Gasteiger partial charge in [-0.15, -0.1) is 0 Å². The molecule has 2 rings (SSSR count). The maximum atomic E-state index is 5.83. The molecule has 5 nitrogen and oxygen atoms in total. The van der Waals surface area contributed by atoms with Crippen LogP contribution in [0.2, 0.25) is 0 Å². The predicted octanol–water partition coefficient (Wildman–Crippen LogP) is 2.74. The molecule has 0 aliphatic heterocycles. The highest BCUT2D eigenvalue weighted by Gasteiger charge is 2.05. The van der Waals surface area contributed by atoms with Gasteiger partial charge in [-0.3, -0.25) is 5.43 Å². The molecule has 0 fully saturated rings. The molecule has 0 bridgehead atoms. The molecule has 0 saturated carbocycles. The molecule has 126 valence electrons. The molecule has 0 aromatic heterocycles. The van der Waals surface area contributed by atoms with Crippen molar-refractivity contribution >= 4 is 23.5 Å². The Hall–Kier alpha value is -2.60. The normalized spacial score (nSPS) is 10.4. The van der Waals surface area contributed by atoms with E-state index in [9.17, 15) is 0 Å². The fourth-order valence-corrected chi connectivity index (χ4v) is 2.08. The third-order valence-electron chi connectivity index (χ3n) is 3.29. The second-order valence-electron chi connectivity index (χ2n) is 4.94. The Balaban J connectivity index is 1.94. The van der Waals surface area contributed by atoms with E-state index in [1.165, 1.54) is 5.56 Å². The molecule has 2 N–H and O–H groups in total. The zero-order chi connectivity index (χ0) is 17.2. The predicted molar refractivity (Wildman–Crippen MR) is 101 cm³/mol. The van der Waals surface area contributed by atoms with E-state index in [4.69, 9.17) is 21.7 Å². The topological polar surface area (TPSA) is 54.9 Å². The maximum Gasteiger partial charge on any atom is 0.186 e. The molecule has 0 atom stereocenters. The summed E-state index contributed by atoms with van der Waals surface area (Å²) in [5, 5.41) is 7.28. The highest BCUT2D eigenvalue weighted by atomic mass is 32.1. The number of rotatable bonds is 7. The van der Waals surface area contributed by atoms with Gasteiger partial charge in [0.1, 0.15) is 0 Å². The Morgan fingerprint density at radius 3 is 2.67 bits per heavy atom. The van der Waals surface area contributed by atoms with Gasteiger partial charge >= 0.3 is 0 Å². The highest BCUT2D eigenvalue weighted by Crippen LogP contribution is 2.27. The Kier molecular flexibility index (Phi) is 7.04. The second kappa shape index (κ2) is 9.52. The first-order chi connectivity index (χ1) is 11.7. The second-order valence-corrected chi connectivity index (χ2v) is 5.35. The zero-order valence-electron chi connectivity index (χ0n) is 13.8. The van der Waals surface area contributed by atoms with Crippen LogP contribution in [0.4, 0.5) is 0 Å². The molecular weight excluding hydrogens is 322 g/mol. The molecule has 0 heterocycles. The summed E-state index contributed by atoms with van der Waals surface area (Å²) in [5.41, 5.74) is 4.83. The first-order valence-electron chi connectivity index (χ1n) is 7.58. The summed E-state index contributed by atoms with van der Waals surface area (Å²) in [5.74, 6) is 1.38. The third kappa shape index (κ3) is 5.55. The molecule has 0 amide bonds. The summed E-state index contributed by atoms with van der Waals surface area (Å²) in [7, 11) is 3.35. The van der Waals surface area contributed by atoms with Crippen molar-refractivity contribution in [2.24, 2.45) is 5.10 Å². The standard InChI is InChI=1S/C18H21N3O2S/c1-19-18(24)21-20-13-15-8-9-16(17(12-15)22-2)23-11-10-14-6-4-3-5-7-14/h3-9,12-13H,10-11H2,1-2H3,(H2,19,21,24). The summed E-state index contributed by atoms with van der Waals surface area (Å²) in [6.45, 7) is 0.589. The molecule has 2 aromatic carbocycles. The molecule has 0 spiro atoms. The highest BCUT2D eigenvalue weighted by molar-refractivity contribution is 7.80. The first-order valence-corrected chi connectivity index (χ1v) is 7.99. The summed E-state index contributed by atoms with van der Waals surface area (Å²) in [4.78, 5) is 0. The molecule has 24 heavy (non-hydrogen) atoms. The molecule has 0 aliphatic rings. The minimum Gasteiger partial charge on any atom is -0.493 e. The van der Waals surface area contributed by atoms with E-state index >= 15 is 0 Å². The van der Waals surface area contributed by atoms with E-state index < -0.39 is 0 Å². The van der Waals surface area contributed by atoms with E-state index in [0.717, 1.165) is 12.0 Å². The van der Waals surface area contributed by atoms with Gasteiger partial charge in [0.05, 0.1) is 19.9 Å². The van der Waals surface area contributed by atoms with Crippen LogP contribution >= 0.6 is 12.2 Å². The minimum atomic E-state index is 0.457. The van der Waals surface area contributed by atoms with Crippen LogP contribution < -0.4 is 20.2 Å². The van der Waals surface area contributed by atoms with Gasteiger partial charge in [0.25, 0.3) is 0 Å². The number of ether oxygens (including phenoxy) is 2. The minimum absolute atomic E-state index is 0.457. The van der Waals surface area contributed by atoms with Crippen molar-refractivity contribution in [3.8, 4) is 11.5 Å². The molecule has 0 radical (unpaired) electrons. The smallest absolute Gasteiger partial charge is 0.186 e. The van der Waals surface area contributed by atoms with Crippen LogP contribution in [0, 0.1) is 0 Å². The van der Waals surface area contributed by atoms with Crippen LogP contribution in [0.15, 0.2) is 53.6 Å². The summed E-state index contributed by atoms with van der Waals surface area (Å²) < 4.78 is 11.2. The SMILES string of the molecule is CNC(=S)NN=Cc1ccc(OCCc2ccccc2)c(OC)c1. The van der Waals surface area contributed by atoms with Crippen molar-refractivity contribution in [1.29, 1.82) is 0 Å². The van der Waals surface area contributed by atoms with Gasteiger partial charge in [0.15, 0.2) is 16.6 Å². The third-order valence-corrected chi connectivity index (χ3v) is 3.58. The van der Waals surface area contributed by atoms with E-state index in [0.29, 0.717) is 23.2 Å². The van der Waals surface area contributed by atoms with Gasteiger partial charge in [0.2, 0.25) is 0 Å². The van der Waals surface area contributed by atoms with Crippen molar-refractivity contribution in [2.75, 3.05) is 20.8 Å². The van der Waals surface area contributed by atoms with Crippen LogP contribution in [0.25, 0.3) is 0 Å². The van der Waals surface area contributed by atoms with E-state index in [-0.39, 0.29) is 0 Å². The van der Waals surface area contributed by atoms with Crippen LogP contribution in [0.5, 0.6) is 11.5 Å². The average Bonchev–Trinajstić information content (AvgIpc) is 2.63. The molecule has 0 saturated heterocycles. The number of hydrazone groups is 1. The number of thiocarbonyl (C=S) groups is 1. The summed E-state index contributed by atoms with van der Waals surface area (Å²) in [6.07, 6.45) is 2.51. The van der Waals surface area contributed by atoms with Crippen LogP contribution in [0.1, 0.15) is 11.1 Å². The van der Waals surface area contributed by atoms with Crippen molar-refractivity contribution in [1.82, 2.24) is 10.7 Å². The Morgan fingerprint density at radius 1 is 1.17 bits per heavy atom. The van der Waals surface area contributed by atoms with Gasteiger partial charge in [0, 0.05) is 13.5 Å². The Labute approximate surface area is 147 Å². The van der Waals surface area contributed by atoms with Crippen molar-refractivity contribution < 1.29 is 9.47 Å². The zero-order valence-corrected chi connectivity index (χ0v) is 14.6. The average molecular weight is 343 g/mol. The van der Waals surface area contributed by atoms with Gasteiger partial charge in [-0.1, -0.05) is 30.3 Å². The quantitative estimate of drug-likeness (QED) is 0.460. The van der Waals surface area contributed by atoms with Crippen molar-refractivity contribution in [3.63, 3.8) is 0 Å². The van der Waals surface area contributed by atoms with Crippen molar-refractivity contribution in [3.05, 3.63) is 59.7 Å². The number of nitrogens with one attached hydrogen (secondary N) is 2. The van der Waals surface area contributed by atoms with E-state index in [2.05, 4.69) is 28.0 Å². The number of hydrogen-bond donors (Lipinski definition) is 2. The van der Waals surface area contributed by atoms with Crippen LogP contribution in [-0.2, 0) is 6.42 Å². The number of benzene rings is 2. The number of methoxy groups -OCH3 is 1. The maximum absolute atomic E-state index is 5.83. The Morgan fingerprint density at radius 2 is 1.96 bits per heavy atom. The molecule has 2 aromatic rings. The lowest BCUT2D eigenvalue weighted by Crippen LogP contribution is -2.28. The lowest BCUT2D eigenvalue weighted by molar-refractivity contribution is 0.297. The van der Waals surface area contributed by atoms with E-state index in [1.807, 2.05) is 36.4 Å². The van der Waals surface area contributed by atoms with Gasteiger partial charge in [-0.2, -0.15) is 5.10 Å². The molecule has 0 aliphatic carbocycles. The van der Waals surface area contributed by atoms with Gasteiger partial charge < -0.3 is 14.8 Å². The Bertz CT molecular complexity index is 690. The lowest BCUT2D eigenvalue weighted by Gasteiger charge is -2.11. The number of nitrogens with zero attached hydrogens (tertiary/aromatic N) is 1. The number of hydrogen-bond acceptors (Lipinski definition) is 4. The molecular formula is C18H21N3O2S. The summed E-state index contributed by atoms with van der Waals surface area (Å²) in [6, 6.07) is 15.9. The lowest BCUT2D eigenvalue weighted by atomic mass is 10.2. The molecule has 6 heteroatoms. The first kappa shape index (κ1) is 17.7. The van der Waals surface area contributed by atoms with Crippen molar-refractivity contribution in [2.45, 2.75) is 6.42 Å². The largest absolute Gasteiger partial charge is 0.493 e. The van der Waals surface area contributed by atoms with Crippen LogP contribution in [0.3, 0.4) is 0 Å². The summed E-state index contributed by atoms with van der Waals surface area (Å²) >= 11 is 4.95. The fraction of sp³-hybridized carbons (Fsp3) is 0.222. The van der Waals surface area contributed by atoms with Gasteiger partial charge in [-0.05, 0) is 41.5 Å². The fourth-order valence-electron chi connectivity index (χ4n) is 2.03. The monoisotopic (exact) mass is 343 g/mol. The van der Waals surface area contributed by atoms with Gasteiger partial charge in [-0.25, -0.2) is 0 Å². The molecule has 0 unspecified atom stereocenters. The van der Waals surface area contributed by atoms with Crippen LogP contribution in [-0.4, -0.2) is 32.1 Å².